The first-order valence-electron chi connectivity index (χ1n) is 7.17. The van der Waals surface area contributed by atoms with Gasteiger partial charge in [-0.3, -0.25) is 4.79 Å². The standard InChI is InChI=1S/C17H21NO3S/c1-12(15-11-13(20-2)6-8-16(15)21-3)18-17(19)9-7-14-5-4-10-22-14/h4-6,8,10-12H,7,9H2,1-3H3,(H,18,19)/t12-/m1/s1. The van der Waals surface area contributed by atoms with Gasteiger partial charge in [0.1, 0.15) is 11.5 Å². The molecule has 0 saturated heterocycles. The van der Waals surface area contributed by atoms with Gasteiger partial charge in [-0.1, -0.05) is 6.07 Å². The van der Waals surface area contributed by atoms with Crippen LogP contribution in [0.15, 0.2) is 35.7 Å². The first-order valence-corrected chi connectivity index (χ1v) is 8.05. The average molecular weight is 319 g/mol. The highest BCUT2D eigenvalue weighted by molar-refractivity contribution is 7.09. The second-order valence-corrected chi connectivity index (χ2v) is 6.01. The van der Waals surface area contributed by atoms with Crippen LogP contribution in [0.4, 0.5) is 0 Å². The molecule has 0 aliphatic carbocycles. The maximum Gasteiger partial charge on any atom is 0.220 e. The Kier molecular flexibility index (Phi) is 5.83. The highest BCUT2D eigenvalue weighted by atomic mass is 32.1. The number of methoxy groups -OCH3 is 2. The molecular weight excluding hydrogens is 298 g/mol. The Labute approximate surface area is 135 Å². The molecule has 1 aromatic heterocycles. The second-order valence-electron chi connectivity index (χ2n) is 4.98. The van der Waals surface area contributed by atoms with Crippen LogP contribution in [-0.2, 0) is 11.2 Å². The lowest BCUT2D eigenvalue weighted by Gasteiger charge is -2.18. The highest BCUT2D eigenvalue weighted by Gasteiger charge is 2.15. The van der Waals surface area contributed by atoms with Gasteiger partial charge in [0.15, 0.2) is 0 Å². The predicted octanol–water partition coefficient (Wildman–Crippen LogP) is 3.58. The summed E-state index contributed by atoms with van der Waals surface area (Å²) < 4.78 is 10.6. The van der Waals surface area contributed by atoms with E-state index in [4.69, 9.17) is 9.47 Å². The lowest BCUT2D eigenvalue weighted by atomic mass is 10.1. The molecule has 0 aliphatic heterocycles. The van der Waals surface area contributed by atoms with E-state index >= 15 is 0 Å². The van der Waals surface area contributed by atoms with Crippen LogP contribution in [0.1, 0.15) is 29.8 Å². The van der Waals surface area contributed by atoms with Gasteiger partial charge in [-0.05, 0) is 43.0 Å². The van der Waals surface area contributed by atoms with Gasteiger partial charge in [-0.25, -0.2) is 0 Å². The van der Waals surface area contributed by atoms with Crippen LogP contribution in [0.5, 0.6) is 11.5 Å². The Balaban J connectivity index is 1.98. The third-order valence-corrected chi connectivity index (χ3v) is 4.40. The Morgan fingerprint density at radius 3 is 2.73 bits per heavy atom. The van der Waals surface area contributed by atoms with E-state index in [0.717, 1.165) is 23.5 Å². The molecule has 2 rings (SSSR count). The third-order valence-electron chi connectivity index (χ3n) is 3.46. The van der Waals surface area contributed by atoms with E-state index in [9.17, 15) is 4.79 Å². The summed E-state index contributed by atoms with van der Waals surface area (Å²) in [6.07, 6.45) is 1.25. The number of carbonyl (C=O) groups excluding carboxylic acids is 1. The molecule has 0 aliphatic rings. The fraction of sp³-hybridized carbons (Fsp3) is 0.353. The predicted molar refractivity (Wildman–Crippen MR) is 88.7 cm³/mol. The molecule has 5 heteroatoms. The van der Waals surface area contributed by atoms with Crippen molar-refractivity contribution >= 4 is 17.2 Å². The number of amides is 1. The number of aryl methyl sites for hydroxylation is 1. The summed E-state index contributed by atoms with van der Waals surface area (Å²) in [6, 6.07) is 9.49. The van der Waals surface area contributed by atoms with Crippen molar-refractivity contribution in [2.24, 2.45) is 0 Å². The fourth-order valence-corrected chi connectivity index (χ4v) is 2.97. The van der Waals surface area contributed by atoms with E-state index < -0.39 is 0 Å². The van der Waals surface area contributed by atoms with Gasteiger partial charge < -0.3 is 14.8 Å². The van der Waals surface area contributed by atoms with Crippen molar-refractivity contribution in [3.05, 3.63) is 46.2 Å². The maximum absolute atomic E-state index is 12.1. The molecule has 0 spiro atoms. The smallest absolute Gasteiger partial charge is 0.220 e. The number of hydrogen-bond acceptors (Lipinski definition) is 4. The van der Waals surface area contributed by atoms with Gasteiger partial charge in [-0.2, -0.15) is 0 Å². The monoisotopic (exact) mass is 319 g/mol. The quantitative estimate of drug-likeness (QED) is 0.848. The van der Waals surface area contributed by atoms with Crippen LogP contribution < -0.4 is 14.8 Å². The number of rotatable bonds is 7. The van der Waals surface area contributed by atoms with Crippen molar-refractivity contribution < 1.29 is 14.3 Å². The minimum Gasteiger partial charge on any atom is -0.497 e. The first-order chi connectivity index (χ1) is 10.6. The van der Waals surface area contributed by atoms with Gasteiger partial charge in [0.2, 0.25) is 5.91 Å². The molecule has 1 N–H and O–H groups in total. The van der Waals surface area contributed by atoms with Crippen LogP contribution in [0.25, 0.3) is 0 Å². The van der Waals surface area contributed by atoms with Gasteiger partial charge >= 0.3 is 0 Å². The van der Waals surface area contributed by atoms with Crippen LogP contribution in [-0.4, -0.2) is 20.1 Å². The molecule has 0 radical (unpaired) electrons. The second kappa shape index (κ2) is 7.84. The molecule has 0 saturated carbocycles. The zero-order valence-corrected chi connectivity index (χ0v) is 13.9. The van der Waals surface area contributed by atoms with E-state index in [1.54, 1.807) is 25.6 Å². The minimum absolute atomic E-state index is 0.0331. The molecule has 0 unspecified atom stereocenters. The van der Waals surface area contributed by atoms with E-state index in [2.05, 4.69) is 5.32 Å². The molecule has 4 nitrogen and oxygen atoms in total. The number of benzene rings is 1. The number of carbonyl (C=O) groups is 1. The molecule has 1 aromatic carbocycles. The van der Waals surface area contributed by atoms with Crippen molar-refractivity contribution in [2.75, 3.05) is 14.2 Å². The Bertz CT molecular complexity index is 610. The molecule has 1 atom stereocenters. The fourth-order valence-electron chi connectivity index (χ4n) is 2.26. The van der Waals surface area contributed by atoms with Gasteiger partial charge in [0.25, 0.3) is 0 Å². The van der Waals surface area contributed by atoms with Crippen molar-refractivity contribution in [3.63, 3.8) is 0 Å². The largest absolute Gasteiger partial charge is 0.497 e. The van der Waals surface area contributed by atoms with Crippen molar-refractivity contribution in [1.82, 2.24) is 5.32 Å². The van der Waals surface area contributed by atoms with Crippen LogP contribution in [0, 0.1) is 0 Å². The van der Waals surface area contributed by atoms with Crippen molar-refractivity contribution in [2.45, 2.75) is 25.8 Å². The summed E-state index contributed by atoms with van der Waals surface area (Å²) in [5, 5.41) is 5.04. The number of hydrogen-bond donors (Lipinski definition) is 1. The van der Waals surface area contributed by atoms with E-state index in [1.165, 1.54) is 4.88 Å². The van der Waals surface area contributed by atoms with Crippen LogP contribution >= 0.6 is 11.3 Å². The van der Waals surface area contributed by atoms with E-state index in [0.29, 0.717) is 6.42 Å². The highest BCUT2D eigenvalue weighted by Crippen LogP contribution is 2.29. The van der Waals surface area contributed by atoms with E-state index in [1.807, 2.05) is 42.6 Å². The van der Waals surface area contributed by atoms with Crippen molar-refractivity contribution in [3.8, 4) is 11.5 Å². The van der Waals surface area contributed by atoms with Gasteiger partial charge in [0, 0.05) is 16.9 Å². The minimum atomic E-state index is -0.138. The summed E-state index contributed by atoms with van der Waals surface area (Å²) in [6.45, 7) is 1.94. The molecule has 0 bridgehead atoms. The van der Waals surface area contributed by atoms with Crippen LogP contribution in [0.3, 0.4) is 0 Å². The topological polar surface area (TPSA) is 47.6 Å². The van der Waals surface area contributed by atoms with Gasteiger partial charge in [-0.15, -0.1) is 11.3 Å². The van der Waals surface area contributed by atoms with Gasteiger partial charge in [0.05, 0.1) is 20.3 Å². The lowest BCUT2D eigenvalue weighted by molar-refractivity contribution is -0.121. The molecular formula is C17H21NO3S. The number of ether oxygens (including phenoxy) is 2. The molecule has 118 valence electrons. The summed E-state index contributed by atoms with van der Waals surface area (Å²) in [5.41, 5.74) is 0.909. The zero-order valence-electron chi connectivity index (χ0n) is 13.1. The SMILES string of the molecule is COc1ccc(OC)c([C@@H](C)NC(=O)CCc2cccs2)c1. The third kappa shape index (κ3) is 4.24. The zero-order chi connectivity index (χ0) is 15.9. The Morgan fingerprint density at radius 1 is 1.27 bits per heavy atom. The maximum atomic E-state index is 12.1. The summed E-state index contributed by atoms with van der Waals surface area (Å²) in [4.78, 5) is 13.3. The summed E-state index contributed by atoms with van der Waals surface area (Å²) >= 11 is 1.67. The molecule has 2 aromatic rings. The summed E-state index contributed by atoms with van der Waals surface area (Å²) in [7, 11) is 3.24. The Morgan fingerprint density at radius 2 is 2.09 bits per heavy atom. The molecule has 0 fully saturated rings. The van der Waals surface area contributed by atoms with E-state index in [-0.39, 0.29) is 11.9 Å². The molecule has 1 heterocycles. The number of nitrogens with one attached hydrogen (secondary N) is 1. The number of thiophene rings is 1. The first kappa shape index (κ1) is 16.4. The molecule has 22 heavy (non-hydrogen) atoms. The summed E-state index contributed by atoms with van der Waals surface area (Å²) in [5.74, 6) is 1.52. The average Bonchev–Trinajstić information content (AvgIpc) is 3.05. The van der Waals surface area contributed by atoms with Crippen LogP contribution in [0.2, 0.25) is 0 Å². The van der Waals surface area contributed by atoms with Crippen molar-refractivity contribution in [1.29, 1.82) is 0 Å². The molecule has 1 amide bonds. The normalized spacial score (nSPS) is 11.8. The lowest BCUT2D eigenvalue weighted by Crippen LogP contribution is -2.27. The Hall–Kier alpha value is -2.01.